The van der Waals surface area contributed by atoms with Crippen molar-refractivity contribution in [3.8, 4) is 11.3 Å². The molecule has 206 valence electrons. The molecule has 0 spiro atoms. The van der Waals surface area contributed by atoms with Gasteiger partial charge in [0.05, 0.1) is 17.8 Å². The summed E-state index contributed by atoms with van der Waals surface area (Å²) in [6, 6.07) is 11.6. The molecule has 0 saturated carbocycles. The minimum absolute atomic E-state index is 0.0421. The van der Waals surface area contributed by atoms with E-state index in [1.165, 1.54) is 24.8 Å². The highest BCUT2D eigenvalue weighted by atomic mass is 32.1. The third-order valence-corrected chi connectivity index (χ3v) is 8.53. The molecule has 4 aromatic rings. The van der Waals surface area contributed by atoms with Crippen molar-refractivity contribution >= 4 is 45.3 Å². The highest BCUT2D eigenvalue weighted by Crippen LogP contribution is 2.31. The highest BCUT2D eigenvalue weighted by molar-refractivity contribution is 7.10. The van der Waals surface area contributed by atoms with Gasteiger partial charge in [0, 0.05) is 61.5 Å². The Morgan fingerprint density at radius 3 is 2.77 bits per heavy atom. The number of thiazole rings is 1. The van der Waals surface area contributed by atoms with Crippen LogP contribution in [0.25, 0.3) is 27.7 Å². The number of amides is 2. The van der Waals surface area contributed by atoms with Crippen LogP contribution in [0.15, 0.2) is 60.1 Å². The number of hydrogen-bond donors (Lipinski definition) is 2. The summed E-state index contributed by atoms with van der Waals surface area (Å²) < 4.78 is 19.2. The zero-order valence-electron chi connectivity index (χ0n) is 22.0. The van der Waals surface area contributed by atoms with Crippen LogP contribution in [0.5, 0.6) is 0 Å². The maximum atomic E-state index is 13.5. The normalized spacial score (nSPS) is 19.6. The average molecular weight is 561 g/mol. The highest BCUT2D eigenvalue weighted by Gasteiger charge is 2.45. The molecule has 1 fully saturated rings. The Hall–Kier alpha value is -3.93. The van der Waals surface area contributed by atoms with Crippen LogP contribution in [-0.2, 0) is 14.3 Å². The molecule has 4 heterocycles. The van der Waals surface area contributed by atoms with Crippen molar-refractivity contribution in [2.24, 2.45) is 0 Å². The zero-order valence-corrected chi connectivity index (χ0v) is 22.8. The largest absolute Gasteiger partial charge is 0.367 e. The first kappa shape index (κ1) is 26.3. The number of nitrogens with one attached hydrogen (secondary N) is 2. The standard InChI is InChI=1S/C29H29FN6O3S/c1-39-29(10-14-35(18-29)17-25(37)36-12-8-20(9-13-36)27-31-11-15-40-27)28(38)32-22-6-7-24-23(16-22)26(34-33-24)19-2-4-21(30)5-3-19/h2-8,11,15-16H,9-10,12-14,17-18H2,1H3,(H,32,38)(H,33,34)/t29-/m0/s1. The number of hydrogen-bond acceptors (Lipinski definition) is 7. The van der Waals surface area contributed by atoms with Crippen LogP contribution in [-0.4, -0.2) is 82.2 Å². The van der Waals surface area contributed by atoms with Crippen LogP contribution in [0.1, 0.15) is 17.8 Å². The van der Waals surface area contributed by atoms with Crippen LogP contribution in [0.2, 0.25) is 0 Å². The lowest BCUT2D eigenvalue weighted by Gasteiger charge is -2.29. The molecule has 0 bridgehead atoms. The van der Waals surface area contributed by atoms with Crippen LogP contribution in [0.4, 0.5) is 10.1 Å². The third-order valence-electron chi connectivity index (χ3n) is 7.68. The Bertz CT molecular complexity index is 1570. The van der Waals surface area contributed by atoms with Gasteiger partial charge in [-0.3, -0.25) is 19.6 Å². The van der Waals surface area contributed by atoms with Gasteiger partial charge in [-0.15, -0.1) is 11.3 Å². The maximum absolute atomic E-state index is 13.5. The monoisotopic (exact) mass is 560 g/mol. The van der Waals surface area contributed by atoms with Crippen LogP contribution >= 0.6 is 11.3 Å². The molecule has 9 nitrogen and oxygen atoms in total. The van der Waals surface area contributed by atoms with Crippen molar-refractivity contribution in [1.29, 1.82) is 0 Å². The number of anilines is 1. The predicted octanol–water partition coefficient (Wildman–Crippen LogP) is 4.17. The van der Waals surface area contributed by atoms with Gasteiger partial charge in [-0.2, -0.15) is 5.10 Å². The van der Waals surface area contributed by atoms with E-state index in [1.807, 2.05) is 27.3 Å². The second-order valence-corrected chi connectivity index (χ2v) is 11.0. The molecule has 0 radical (unpaired) electrons. The molecular formula is C29H29FN6O3S. The van der Waals surface area contributed by atoms with Crippen LogP contribution < -0.4 is 5.32 Å². The number of benzene rings is 2. The van der Waals surface area contributed by atoms with E-state index in [-0.39, 0.29) is 24.2 Å². The summed E-state index contributed by atoms with van der Waals surface area (Å²) in [5.41, 5.74) is 2.97. The molecule has 0 unspecified atom stereocenters. The number of nitrogens with zero attached hydrogens (tertiary/aromatic N) is 4. The number of ether oxygens (including phenoxy) is 1. The fourth-order valence-corrected chi connectivity index (χ4v) is 6.07. The first-order chi connectivity index (χ1) is 19.4. The molecule has 2 amide bonds. The molecule has 1 atom stereocenters. The Morgan fingerprint density at radius 2 is 2.05 bits per heavy atom. The maximum Gasteiger partial charge on any atom is 0.258 e. The first-order valence-corrected chi connectivity index (χ1v) is 14.0. The number of H-pyrrole nitrogens is 1. The lowest BCUT2D eigenvalue weighted by Crippen LogP contribution is -2.48. The Balaban J connectivity index is 1.10. The average Bonchev–Trinajstić information content (AvgIpc) is 3.74. The molecule has 6 rings (SSSR count). The van der Waals surface area contributed by atoms with Crippen molar-refractivity contribution < 1.29 is 18.7 Å². The van der Waals surface area contributed by atoms with Crippen molar-refractivity contribution in [2.45, 2.75) is 18.4 Å². The first-order valence-electron chi connectivity index (χ1n) is 13.1. The summed E-state index contributed by atoms with van der Waals surface area (Å²) in [5, 5.41) is 14.2. The minimum Gasteiger partial charge on any atom is -0.367 e. The van der Waals surface area contributed by atoms with Gasteiger partial charge in [0.2, 0.25) is 5.91 Å². The Morgan fingerprint density at radius 1 is 1.20 bits per heavy atom. The number of carbonyl (C=O) groups excluding carboxylic acids is 2. The number of carbonyl (C=O) groups is 2. The predicted molar refractivity (Wildman–Crippen MR) is 152 cm³/mol. The van der Waals surface area contributed by atoms with Crippen LogP contribution in [0.3, 0.4) is 0 Å². The van der Waals surface area contributed by atoms with E-state index in [2.05, 4.69) is 26.6 Å². The van der Waals surface area contributed by atoms with Gasteiger partial charge in [0.1, 0.15) is 10.8 Å². The summed E-state index contributed by atoms with van der Waals surface area (Å²) >= 11 is 1.61. The van der Waals surface area contributed by atoms with E-state index in [0.29, 0.717) is 44.0 Å². The molecule has 0 aliphatic carbocycles. The Labute approximate surface area is 234 Å². The molecular weight excluding hydrogens is 531 g/mol. The topological polar surface area (TPSA) is 103 Å². The number of rotatable bonds is 7. The van der Waals surface area contributed by atoms with Crippen molar-refractivity contribution in [2.75, 3.05) is 45.2 Å². The number of aromatic nitrogens is 3. The van der Waals surface area contributed by atoms with Gasteiger partial charge in [-0.25, -0.2) is 9.37 Å². The minimum atomic E-state index is -1.06. The number of fused-ring (bicyclic) bond motifs is 1. The third kappa shape index (κ3) is 5.15. The van der Waals surface area contributed by atoms with Gasteiger partial charge >= 0.3 is 0 Å². The number of methoxy groups -OCH3 is 1. The molecule has 2 aliphatic rings. The second-order valence-electron chi connectivity index (χ2n) is 10.1. The lowest BCUT2D eigenvalue weighted by molar-refractivity contribution is -0.138. The summed E-state index contributed by atoms with van der Waals surface area (Å²) in [6.07, 6.45) is 5.14. The van der Waals surface area contributed by atoms with Crippen LogP contribution in [0, 0.1) is 5.82 Å². The van der Waals surface area contributed by atoms with Gasteiger partial charge in [-0.1, -0.05) is 6.08 Å². The Kier molecular flexibility index (Phi) is 7.18. The number of aromatic amines is 1. The van der Waals surface area contributed by atoms with Crippen molar-refractivity contribution in [1.82, 2.24) is 25.0 Å². The smallest absolute Gasteiger partial charge is 0.258 e. The molecule has 2 aromatic carbocycles. The number of halogens is 1. The van der Waals surface area contributed by atoms with E-state index in [1.54, 1.807) is 35.7 Å². The summed E-state index contributed by atoms with van der Waals surface area (Å²) in [6.45, 7) is 2.36. The van der Waals surface area contributed by atoms with E-state index >= 15 is 0 Å². The zero-order chi connectivity index (χ0) is 27.7. The van der Waals surface area contributed by atoms with E-state index in [9.17, 15) is 14.0 Å². The fraction of sp³-hybridized carbons (Fsp3) is 0.310. The molecule has 11 heteroatoms. The fourth-order valence-electron chi connectivity index (χ4n) is 5.37. The quantitative estimate of drug-likeness (QED) is 0.352. The molecule has 40 heavy (non-hydrogen) atoms. The van der Waals surface area contributed by atoms with Gasteiger partial charge in [0.15, 0.2) is 5.60 Å². The molecule has 2 aliphatic heterocycles. The summed E-state index contributed by atoms with van der Waals surface area (Å²) in [7, 11) is 1.53. The van der Waals surface area contributed by atoms with E-state index in [0.717, 1.165) is 27.9 Å². The van der Waals surface area contributed by atoms with Gasteiger partial charge in [-0.05, 0) is 60.9 Å². The molecule has 2 N–H and O–H groups in total. The lowest BCUT2D eigenvalue weighted by atomic mass is 10.0. The molecule has 2 aromatic heterocycles. The molecule has 1 saturated heterocycles. The SMILES string of the molecule is CO[C@@]1(C(=O)Nc2ccc3[nH]nc(-c4ccc(F)cc4)c3c2)CCN(CC(=O)N2CC=C(c3nccs3)CC2)C1. The van der Waals surface area contributed by atoms with Gasteiger partial charge < -0.3 is 15.0 Å². The van der Waals surface area contributed by atoms with E-state index < -0.39 is 5.60 Å². The van der Waals surface area contributed by atoms with Crippen molar-refractivity contribution in [3.05, 3.63) is 70.9 Å². The number of likely N-dealkylation sites (tertiary alicyclic amines) is 1. The summed E-state index contributed by atoms with van der Waals surface area (Å²) in [5.74, 6) is -0.534. The van der Waals surface area contributed by atoms with Gasteiger partial charge in [0.25, 0.3) is 5.91 Å². The second kappa shape index (κ2) is 10.9. The summed E-state index contributed by atoms with van der Waals surface area (Å²) in [4.78, 5) is 34.7. The van der Waals surface area contributed by atoms with Crippen molar-refractivity contribution in [3.63, 3.8) is 0 Å². The van der Waals surface area contributed by atoms with E-state index in [4.69, 9.17) is 4.74 Å².